The monoisotopic (exact) mass is 414 g/mol. The van der Waals surface area contributed by atoms with Gasteiger partial charge in [-0.3, -0.25) is 4.79 Å². The van der Waals surface area contributed by atoms with Gasteiger partial charge in [-0.25, -0.2) is 4.79 Å². The van der Waals surface area contributed by atoms with Gasteiger partial charge in [0.2, 0.25) is 5.91 Å². The van der Waals surface area contributed by atoms with Crippen molar-refractivity contribution in [1.29, 1.82) is 0 Å². The van der Waals surface area contributed by atoms with Crippen LogP contribution in [0.2, 0.25) is 0 Å². The zero-order valence-electron chi connectivity index (χ0n) is 17.1. The summed E-state index contributed by atoms with van der Waals surface area (Å²) in [6.07, 6.45) is 1.71. The first-order valence-electron chi connectivity index (χ1n) is 9.91. The van der Waals surface area contributed by atoms with Crippen LogP contribution in [-0.4, -0.2) is 16.9 Å². The fraction of sp³-hybridized carbons (Fsp3) is 0.120. The number of anilines is 1. The molecule has 6 heteroatoms. The second-order valence-electron chi connectivity index (χ2n) is 7.08. The Balaban J connectivity index is 1.67. The van der Waals surface area contributed by atoms with Crippen molar-refractivity contribution in [1.82, 2.24) is 4.98 Å². The molecule has 0 aliphatic carbocycles. The second kappa shape index (κ2) is 9.17. The van der Waals surface area contributed by atoms with E-state index < -0.39 is 5.97 Å². The molecule has 0 saturated heterocycles. The van der Waals surface area contributed by atoms with E-state index >= 15 is 0 Å². The van der Waals surface area contributed by atoms with Crippen LogP contribution in [0.1, 0.15) is 28.4 Å². The highest BCUT2D eigenvalue weighted by molar-refractivity contribution is 6.11. The number of rotatable bonds is 7. The minimum Gasteiger partial charge on any atom is -0.487 e. The van der Waals surface area contributed by atoms with Crippen molar-refractivity contribution < 1.29 is 19.1 Å². The van der Waals surface area contributed by atoms with Gasteiger partial charge in [-0.1, -0.05) is 60.7 Å². The summed E-state index contributed by atoms with van der Waals surface area (Å²) in [5, 5.41) is 3.50. The van der Waals surface area contributed by atoms with Crippen molar-refractivity contribution in [3.05, 3.63) is 95.7 Å². The largest absolute Gasteiger partial charge is 0.487 e. The van der Waals surface area contributed by atoms with Gasteiger partial charge < -0.3 is 19.8 Å². The van der Waals surface area contributed by atoms with E-state index in [1.54, 1.807) is 18.3 Å². The van der Waals surface area contributed by atoms with Gasteiger partial charge in [0.1, 0.15) is 19.0 Å². The SMILES string of the molecule is CC(=O)Nc1c(OCc2ccccc2)cc(C(=O)OCc2ccccc2)c2[nH]ccc12. The van der Waals surface area contributed by atoms with Crippen molar-refractivity contribution >= 4 is 28.5 Å². The van der Waals surface area contributed by atoms with Crippen LogP contribution in [0.15, 0.2) is 79.0 Å². The Bertz CT molecular complexity index is 1200. The lowest BCUT2D eigenvalue weighted by atomic mass is 10.1. The standard InChI is InChI=1S/C25H22N2O4/c1-17(28)27-24-20-12-13-26-23(20)21(25(29)31-16-19-10-6-3-7-11-19)14-22(24)30-15-18-8-4-2-5-9-18/h2-14,26H,15-16H2,1H3,(H,27,28). The van der Waals surface area contributed by atoms with Crippen LogP contribution in [0.4, 0.5) is 5.69 Å². The molecule has 0 bridgehead atoms. The minimum atomic E-state index is -0.477. The topological polar surface area (TPSA) is 80.4 Å². The summed E-state index contributed by atoms with van der Waals surface area (Å²) in [7, 11) is 0. The zero-order chi connectivity index (χ0) is 21.6. The molecule has 1 aromatic heterocycles. The fourth-order valence-corrected chi connectivity index (χ4v) is 3.32. The van der Waals surface area contributed by atoms with Crippen LogP contribution in [0, 0.1) is 0 Å². The third-order valence-electron chi connectivity index (χ3n) is 4.78. The minimum absolute atomic E-state index is 0.162. The molecule has 1 heterocycles. The van der Waals surface area contributed by atoms with Crippen LogP contribution in [-0.2, 0) is 22.7 Å². The number of carbonyl (C=O) groups is 2. The second-order valence-corrected chi connectivity index (χ2v) is 7.08. The van der Waals surface area contributed by atoms with Crippen molar-refractivity contribution in [3.8, 4) is 5.75 Å². The predicted molar refractivity (Wildman–Crippen MR) is 119 cm³/mol. The predicted octanol–water partition coefficient (Wildman–Crippen LogP) is 5.06. The van der Waals surface area contributed by atoms with Gasteiger partial charge in [-0.2, -0.15) is 0 Å². The van der Waals surface area contributed by atoms with Gasteiger partial charge in [0.15, 0.2) is 0 Å². The number of carbonyl (C=O) groups excluding carboxylic acids is 2. The molecule has 0 spiro atoms. The van der Waals surface area contributed by atoms with Gasteiger partial charge in [-0.15, -0.1) is 0 Å². The quantitative estimate of drug-likeness (QED) is 0.414. The number of esters is 1. The average molecular weight is 414 g/mol. The van der Waals surface area contributed by atoms with Crippen LogP contribution in [0.5, 0.6) is 5.75 Å². The smallest absolute Gasteiger partial charge is 0.340 e. The molecule has 0 unspecified atom stereocenters. The summed E-state index contributed by atoms with van der Waals surface area (Å²) in [5.41, 5.74) is 3.30. The third-order valence-corrected chi connectivity index (χ3v) is 4.78. The molecule has 6 nitrogen and oxygen atoms in total. The summed E-state index contributed by atoms with van der Waals surface area (Å²) in [4.78, 5) is 27.8. The number of H-pyrrole nitrogens is 1. The summed E-state index contributed by atoms with van der Waals surface area (Å²) in [5.74, 6) is -0.306. The van der Waals surface area contributed by atoms with E-state index in [-0.39, 0.29) is 12.5 Å². The maximum absolute atomic E-state index is 12.9. The maximum atomic E-state index is 12.9. The lowest BCUT2D eigenvalue weighted by Crippen LogP contribution is -2.11. The molecule has 0 fully saturated rings. The van der Waals surface area contributed by atoms with Gasteiger partial charge >= 0.3 is 5.97 Å². The highest BCUT2D eigenvalue weighted by atomic mass is 16.5. The zero-order valence-corrected chi connectivity index (χ0v) is 17.1. The normalized spacial score (nSPS) is 10.6. The molecule has 156 valence electrons. The maximum Gasteiger partial charge on any atom is 0.340 e. The summed E-state index contributed by atoms with van der Waals surface area (Å²) < 4.78 is 11.5. The molecule has 0 atom stereocenters. The summed E-state index contributed by atoms with van der Waals surface area (Å²) in [6, 6.07) is 22.6. The molecule has 0 aliphatic heterocycles. The molecular weight excluding hydrogens is 392 g/mol. The summed E-state index contributed by atoms with van der Waals surface area (Å²) in [6.45, 7) is 1.89. The summed E-state index contributed by atoms with van der Waals surface area (Å²) >= 11 is 0. The van der Waals surface area contributed by atoms with E-state index in [1.807, 2.05) is 60.7 Å². The van der Waals surface area contributed by atoms with Crippen molar-refractivity contribution in [2.75, 3.05) is 5.32 Å². The van der Waals surface area contributed by atoms with Crippen LogP contribution in [0.25, 0.3) is 10.9 Å². The van der Waals surface area contributed by atoms with Crippen LogP contribution < -0.4 is 10.1 Å². The van der Waals surface area contributed by atoms with E-state index in [0.717, 1.165) is 11.1 Å². The van der Waals surface area contributed by atoms with Gasteiger partial charge in [0, 0.05) is 18.5 Å². The van der Waals surface area contributed by atoms with E-state index in [2.05, 4.69) is 10.3 Å². The Morgan fingerprint density at radius 2 is 1.55 bits per heavy atom. The van der Waals surface area contributed by atoms with Crippen molar-refractivity contribution in [2.45, 2.75) is 20.1 Å². The molecular formula is C25H22N2O4. The Labute approximate surface area is 179 Å². The number of benzene rings is 3. The molecule has 4 rings (SSSR count). The molecule has 4 aromatic rings. The lowest BCUT2D eigenvalue weighted by Gasteiger charge is -2.15. The molecule has 0 radical (unpaired) electrons. The van der Waals surface area contributed by atoms with Crippen molar-refractivity contribution in [2.24, 2.45) is 0 Å². The van der Waals surface area contributed by atoms with Crippen molar-refractivity contribution in [3.63, 3.8) is 0 Å². The Morgan fingerprint density at radius 1 is 0.903 bits per heavy atom. The van der Waals surface area contributed by atoms with E-state index in [1.165, 1.54) is 6.92 Å². The number of aromatic nitrogens is 1. The molecule has 2 N–H and O–H groups in total. The number of hydrogen-bond acceptors (Lipinski definition) is 4. The first kappa shape index (κ1) is 20.2. The number of ether oxygens (including phenoxy) is 2. The third kappa shape index (κ3) is 4.75. The molecule has 0 saturated carbocycles. The lowest BCUT2D eigenvalue weighted by molar-refractivity contribution is -0.114. The Kier molecular flexibility index (Phi) is 5.98. The first-order chi connectivity index (χ1) is 15.1. The Hall–Kier alpha value is -4.06. The van der Waals surface area contributed by atoms with Gasteiger partial charge in [0.05, 0.1) is 16.8 Å². The number of amides is 1. The first-order valence-corrected chi connectivity index (χ1v) is 9.91. The number of hydrogen-bond donors (Lipinski definition) is 2. The molecule has 1 amide bonds. The average Bonchev–Trinajstić information content (AvgIpc) is 3.28. The van der Waals surface area contributed by atoms with E-state index in [4.69, 9.17) is 9.47 Å². The van der Waals surface area contributed by atoms with Gasteiger partial charge in [0.25, 0.3) is 0 Å². The van der Waals surface area contributed by atoms with Crippen LogP contribution in [0.3, 0.4) is 0 Å². The fourth-order valence-electron chi connectivity index (χ4n) is 3.32. The van der Waals surface area contributed by atoms with E-state index in [9.17, 15) is 9.59 Å². The number of nitrogens with one attached hydrogen (secondary N) is 2. The molecule has 31 heavy (non-hydrogen) atoms. The number of aromatic amines is 1. The molecule has 3 aromatic carbocycles. The number of fused-ring (bicyclic) bond motifs is 1. The highest BCUT2D eigenvalue weighted by Gasteiger charge is 2.20. The molecule has 0 aliphatic rings. The van der Waals surface area contributed by atoms with E-state index in [0.29, 0.717) is 34.5 Å². The Morgan fingerprint density at radius 3 is 2.19 bits per heavy atom. The van der Waals surface area contributed by atoms with Crippen LogP contribution >= 0.6 is 0 Å². The van der Waals surface area contributed by atoms with Gasteiger partial charge in [-0.05, 0) is 23.3 Å². The highest BCUT2D eigenvalue weighted by Crippen LogP contribution is 2.36.